The summed E-state index contributed by atoms with van der Waals surface area (Å²) in [5.41, 5.74) is 0. The number of aromatic nitrogens is 2. The predicted molar refractivity (Wildman–Crippen MR) is 108 cm³/mol. The number of halogens is 1. The van der Waals surface area contributed by atoms with Crippen LogP contribution in [0.15, 0.2) is 28.8 Å². The lowest BCUT2D eigenvalue weighted by molar-refractivity contribution is -0.132. The number of hydrogen-bond donors (Lipinski definition) is 0. The quantitative estimate of drug-likeness (QED) is 0.562. The van der Waals surface area contributed by atoms with Gasteiger partial charge in [-0.3, -0.25) is 4.79 Å². The fraction of sp³-hybridized carbons (Fsp3) is 0.591. The lowest BCUT2D eigenvalue weighted by Crippen LogP contribution is -2.32. The molecule has 2 saturated heterocycles. The maximum absolute atomic E-state index is 12.9. The molecule has 8 nitrogen and oxygen atoms in total. The van der Waals surface area contributed by atoms with Gasteiger partial charge < -0.3 is 23.6 Å². The Bertz CT molecular complexity index is 838. The second-order valence-corrected chi connectivity index (χ2v) is 8.00. The minimum atomic E-state index is -0.342. The molecule has 0 N–H and O–H groups in total. The van der Waals surface area contributed by atoms with Crippen LogP contribution in [0.4, 0.5) is 4.39 Å². The summed E-state index contributed by atoms with van der Waals surface area (Å²) in [4.78, 5) is 18.6. The summed E-state index contributed by atoms with van der Waals surface area (Å²) < 4.78 is 34.9. The highest BCUT2D eigenvalue weighted by Gasteiger charge is 2.31. The first-order valence-electron chi connectivity index (χ1n) is 10.8. The Morgan fingerprint density at radius 2 is 2.00 bits per heavy atom. The van der Waals surface area contributed by atoms with Gasteiger partial charge in [0.25, 0.3) is 5.91 Å². The molecule has 2 aliphatic rings. The van der Waals surface area contributed by atoms with Gasteiger partial charge in [0.1, 0.15) is 11.6 Å². The van der Waals surface area contributed by atoms with E-state index in [2.05, 4.69) is 10.1 Å². The molecule has 0 saturated carbocycles. The number of carbonyl (C=O) groups excluding carboxylic acids is 1. The highest BCUT2D eigenvalue weighted by atomic mass is 19.1. The SMILES string of the molecule is O=C(COc1ccc(F)cc1)N1CCC(c2nc(CCOCC3CCOCC3)no2)C1. The smallest absolute Gasteiger partial charge is 0.260 e. The standard InChI is InChI=1S/C22H28FN3O5/c23-18-1-3-19(4-2-18)30-15-21(27)26-9-5-17(13-26)22-24-20(25-31-22)8-12-29-14-16-6-10-28-11-7-16/h1-4,16-17H,5-15H2. The minimum absolute atomic E-state index is 0.0270. The van der Waals surface area contributed by atoms with Gasteiger partial charge in [-0.2, -0.15) is 4.98 Å². The second-order valence-electron chi connectivity index (χ2n) is 8.00. The van der Waals surface area contributed by atoms with E-state index in [1.807, 2.05) is 0 Å². The molecule has 2 aliphatic heterocycles. The summed E-state index contributed by atoms with van der Waals surface area (Å²) in [6.45, 7) is 4.00. The van der Waals surface area contributed by atoms with Gasteiger partial charge in [0.05, 0.1) is 12.5 Å². The molecule has 0 bridgehead atoms. The van der Waals surface area contributed by atoms with Gasteiger partial charge in [-0.25, -0.2) is 4.39 Å². The van der Waals surface area contributed by atoms with Crippen molar-refractivity contribution in [1.82, 2.24) is 15.0 Å². The highest BCUT2D eigenvalue weighted by molar-refractivity contribution is 5.78. The minimum Gasteiger partial charge on any atom is -0.484 e. The van der Waals surface area contributed by atoms with Crippen LogP contribution in [0.25, 0.3) is 0 Å². The number of carbonyl (C=O) groups is 1. The molecule has 0 aliphatic carbocycles. The molecular formula is C22H28FN3O5. The molecule has 31 heavy (non-hydrogen) atoms. The van der Waals surface area contributed by atoms with Crippen molar-refractivity contribution in [3.63, 3.8) is 0 Å². The monoisotopic (exact) mass is 433 g/mol. The Hall–Kier alpha value is -2.52. The van der Waals surface area contributed by atoms with Crippen LogP contribution in [0.2, 0.25) is 0 Å². The number of rotatable bonds is 9. The molecule has 9 heteroatoms. The lowest BCUT2D eigenvalue weighted by atomic mass is 10.0. The summed E-state index contributed by atoms with van der Waals surface area (Å²) in [6, 6.07) is 5.61. The summed E-state index contributed by atoms with van der Waals surface area (Å²) in [5.74, 6) is 1.80. The van der Waals surface area contributed by atoms with E-state index in [4.69, 9.17) is 18.7 Å². The first-order chi connectivity index (χ1) is 15.2. The van der Waals surface area contributed by atoms with Gasteiger partial charge in [0.15, 0.2) is 12.4 Å². The number of likely N-dealkylation sites (tertiary alicyclic amines) is 1. The van der Waals surface area contributed by atoms with Gasteiger partial charge in [0, 0.05) is 39.3 Å². The topological polar surface area (TPSA) is 86.9 Å². The highest BCUT2D eigenvalue weighted by Crippen LogP contribution is 2.26. The normalized spacial score (nSPS) is 19.6. The average molecular weight is 433 g/mol. The summed E-state index contributed by atoms with van der Waals surface area (Å²) in [5, 5.41) is 4.05. The third-order valence-electron chi connectivity index (χ3n) is 5.71. The summed E-state index contributed by atoms with van der Waals surface area (Å²) >= 11 is 0. The van der Waals surface area contributed by atoms with Crippen LogP contribution in [0.5, 0.6) is 5.75 Å². The molecule has 2 aromatic rings. The zero-order valence-corrected chi connectivity index (χ0v) is 17.5. The van der Waals surface area contributed by atoms with Crippen LogP contribution in [0.1, 0.15) is 36.9 Å². The molecule has 3 heterocycles. The van der Waals surface area contributed by atoms with Crippen molar-refractivity contribution in [2.24, 2.45) is 5.92 Å². The largest absolute Gasteiger partial charge is 0.484 e. The summed E-state index contributed by atoms with van der Waals surface area (Å²) in [6.07, 6.45) is 3.48. The lowest BCUT2D eigenvalue weighted by Gasteiger charge is -2.21. The zero-order chi connectivity index (χ0) is 21.5. The number of nitrogens with zero attached hydrogens (tertiary/aromatic N) is 3. The van der Waals surface area contributed by atoms with Crippen molar-refractivity contribution in [1.29, 1.82) is 0 Å². The van der Waals surface area contributed by atoms with Gasteiger partial charge in [-0.1, -0.05) is 5.16 Å². The van der Waals surface area contributed by atoms with Crippen LogP contribution >= 0.6 is 0 Å². The van der Waals surface area contributed by atoms with Crippen molar-refractivity contribution in [3.8, 4) is 5.75 Å². The van der Waals surface area contributed by atoms with Crippen LogP contribution < -0.4 is 4.74 Å². The zero-order valence-electron chi connectivity index (χ0n) is 17.5. The van der Waals surface area contributed by atoms with E-state index >= 15 is 0 Å². The number of benzene rings is 1. The first kappa shape index (κ1) is 21.7. The Labute approximate surface area is 180 Å². The molecule has 1 aromatic heterocycles. The van der Waals surface area contributed by atoms with Gasteiger partial charge in [-0.15, -0.1) is 0 Å². The third-order valence-corrected chi connectivity index (χ3v) is 5.71. The average Bonchev–Trinajstić information content (AvgIpc) is 3.47. The molecule has 1 amide bonds. The van der Waals surface area contributed by atoms with E-state index in [1.165, 1.54) is 24.3 Å². The Morgan fingerprint density at radius 3 is 2.81 bits per heavy atom. The predicted octanol–water partition coefficient (Wildman–Crippen LogP) is 2.59. The van der Waals surface area contributed by atoms with Crippen molar-refractivity contribution < 1.29 is 27.9 Å². The number of amides is 1. The van der Waals surface area contributed by atoms with E-state index in [0.717, 1.165) is 39.1 Å². The Morgan fingerprint density at radius 1 is 1.19 bits per heavy atom. The molecule has 1 atom stereocenters. The maximum Gasteiger partial charge on any atom is 0.260 e. The van der Waals surface area contributed by atoms with Crippen molar-refractivity contribution >= 4 is 5.91 Å². The second kappa shape index (κ2) is 10.7. The fourth-order valence-electron chi connectivity index (χ4n) is 3.82. The van der Waals surface area contributed by atoms with E-state index in [-0.39, 0.29) is 24.2 Å². The van der Waals surface area contributed by atoms with Crippen molar-refractivity contribution in [2.45, 2.75) is 31.6 Å². The molecule has 0 spiro atoms. The first-order valence-corrected chi connectivity index (χ1v) is 10.8. The van der Waals surface area contributed by atoms with E-state index < -0.39 is 0 Å². The number of hydrogen-bond acceptors (Lipinski definition) is 7. The van der Waals surface area contributed by atoms with Crippen molar-refractivity contribution in [3.05, 3.63) is 41.8 Å². The van der Waals surface area contributed by atoms with E-state index in [0.29, 0.717) is 49.5 Å². The van der Waals surface area contributed by atoms with Crippen molar-refractivity contribution in [2.75, 3.05) is 46.1 Å². The fourth-order valence-corrected chi connectivity index (χ4v) is 3.82. The number of ether oxygens (including phenoxy) is 3. The van der Waals surface area contributed by atoms with Gasteiger partial charge in [0.2, 0.25) is 5.89 Å². The molecule has 2 fully saturated rings. The third kappa shape index (κ3) is 6.24. The Kier molecular flexibility index (Phi) is 7.48. The Balaban J connectivity index is 1.17. The van der Waals surface area contributed by atoms with E-state index in [1.54, 1.807) is 4.90 Å². The summed E-state index contributed by atoms with van der Waals surface area (Å²) in [7, 11) is 0. The van der Waals surface area contributed by atoms with Crippen LogP contribution in [0, 0.1) is 11.7 Å². The maximum atomic E-state index is 12.9. The van der Waals surface area contributed by atoms with Crippen LogP contribution in [-0.4, -0.2) is 67.1 Å². The van der Waals surface area contributed by atoms with Crippen LogP contribution in [-0.2, 0) is 20.7 Å². The molecule has 0 radical (unpaired) electrons. The molecule has 1 unspecified atom stereocenters. The molecule has 168 valence electrons. The van der Waals surface area contributed by atoms with Gasteiger partial charge >= 0.3 is 0 Å². The van der Waals surface area contributed by atoms with E-state index in [9.17, 15) is 9.18 Å². The van der Waals surface area contributed by atoms with Gasteiger partial charge in [-0.05, 0) is 49.4 Å². The van der Waals surface area contributed by atoms with Crippen LogP contribution in [0.3, 0.4) is 0 Å². The molecule has 1 aromatic carbocycles. The molecule has 4 rings (SSSR count). The molecular weight excluding hydrogens is 405 g/mol.